The monoisotopic (exact) mass is 347 g/mol. The van der Waals surface area contributed by atoms with Gasteiger partial charge in [-0.15, -0.1) is 0 Å². The number of carbonyl (C=O) groups excluding carboxylic acids is 1. The van der Waals surface area contributed by atoms with Crippen LogP contribution in [0.15, 0.2) is 30.6 Å². The van der Waals surface area contributed by atoms with Gasteiger partial charge in [-0.1, -0.05) is 0 Å². The third-order valence-electron chi connectivity index (χ3n) is 4.59. The van der Waals surface area contributed by atoms with E-state index < -0.39 is 9.84 Å². The number of rotatable bonds is 3. The van der Waals surface area contributed by atoms with Gasteiger partial charge in [-0.25, -0.2) is 13.4 Å². The summed E-state index contributed by atoms with van der Waals surface area (Å²) in [6.45, 7) is 3.97. The Morgan fingerprint density at radius 1 is 1.17 bits per heavy atom. The highest BCUT2D eigenvalue weighted by Gasteiger charge is 2.28. The van der Waals surface area contributed by atoms with Gasteiger partial charge in [0.2, 0.25) is 5.91 Å². The Balaban J connectivity index is 1.66. The highest BCUT2D eigenvalue weighted by molar-refractivity contribution is 7.91. The Hall–Kier alpha value is -2.15. The molecule has 1 fully saturated rings. The van der Waals surface area contributed by atoms with Gasteiger partial charge in [0, 0.05) is 23.0 Å². The van der Waals surface area contributed by atoms with E-state index in [9.17, 15) is 13.2 Å². The fourth-order valence-electron chi connectivity index (χ4n) is 2.86. The molecule has 0 radical (unpaired) electrons. The van der Waals surface area contributed by atoms with Crippen LogP contribution in [0.3, 0.4) is 0 Å². The van der Waals surface area contributed by atoms with Gasteiger partial charge >= 0.3 is 0 Å². The number of aryl methyl sites for hydroxylation is 1. The predicted molar refractivity (Wildman–Crippen MR) is 93.0 cm³/mol. The largest absolute Gasteiger partial charge is 0.326 e. The lowest BCUT2D eigenvalue weighted by molar-refractivity contribution is -0.120. The van der Waals surface area contributed by atoms with E-state index >= 15 is 0 Å². The second-order valence-electron chi connectivity index (χ2n) is 6.25. The third kappa shape index (κ3) is 3.51. The maximum Gasteiger partial charge on any atom is 0.227 e. The van der Waals surface area contributed by atoms with Gasteiger partial charge in [0.05, 0.1) is 23.5 Å². The average Bonchev–Trinajstić information content (AvgIpc) is 2.88. The number of hydrogen-bond acceptors (Lipinski definition) is 4. The molecule has 0 saturated carbocycles. The van der Waals surface area contributed by atoms with Crippen LogP contribution >= 0.6 is 0 Å². The molecular weight excluding hydrogens is 326 g/mol. The molecular formula is C17H21N3O3S. The number of nitrogens with zero attached hydrogens (tertiary/aromatic N) is 2. The second-order valence-corrected chi connectivity index (χ2v) is 8.55. The number of anilines is 1. The molecule has 0 aliphatic carbocycles. The summed E-state index contributed by atoms with van der Waals surface area (Å²) in [5, 5.41) is 2.88. The second kappa shape index (κ2) is 6.39. The standard InChI is InChI=1S/C17H21N3O3S/c1-12-13(2)20(11-18-12)16-5-3-15(4-6-16)19-17(21)14-7-9-24(22,23)10-8-14/h3-6,11,14H,7-10H2,1-2H3,(H,19,21). The van der Waals surface area contributed by atoms with Crippen LogP contribution in [0, 0.1) is 19.8 Å². The minimum atomic E-state index is -2.95. The van der Waals surface area contributed by atoms with Crippen LogP contribution < -0.4 is 5.32 Å². The molecule has 128 valence electrons. The van der Waals surface area contributed by atoms with Crippen molar-refractivity contribution in [3.63, 3.8) is 0 Å². The normalized spacial score (nSPS) is 17.6. The minimum absolute atomic E-state index is 0.100. The van der Waals surface area contributed by atoms with E-state index in [-0.39, 0.29) is 23.3 Å². The van der Waals surface area contributed by atoms with Gasteiger partial charge in [-0.3, -0.25) is 4.79 Å². The lowest BCUT2D eigenvalue weighted by Crippen LogP contribution is -2.31. The molecule has 0 bridgehead atoms. The van der Waals surface area contributed by atoms with E-state index in [4.69, 9.17) is 0 Å². The van der Waals surface area contributed by atoms with Crippen molar-refractivity contribution < 1.29 is 13.2 Å². The van der Waals surface area contributed by atoms with Crippen LogP contribution in [-0.2, 0) is 14.6 Å². The fraction of sp³-hybridized carbons (Fsp3) is 0.412. The van der Waals surface area contributed by atoms with Gasteiger partial charge in [0.1, 0.15) is 9.84 Å². The SMILES string of the molecule is Cc1ncn(-c2ccc(NC(=O)C3CCS(=O)(=O)CC3)cc2)c1C. The summed E-state index contributed by atoms with van der Waals surface area (Å²) in [6.07, 6.45) is 2.58. The number of hydrogen-bond donors (Lipinski definition) is 1. The number of amides is 1. The lowest BCUT2D eigenvalue weighted by atomic mass is 10.0. The molecule has 0 spiro atoms. The maximum atomic E-state index is 12.3. The summed E-state index contributed by atoms with van der Waals surface area (Å²) in [6, 6.07) is 7.55. The average molecular weight is 347 g/mol. The molecule has 24 heavy (non-hydrogen) atoms. The van der Waals surface area contributed by atoms with Crippen molar-refractivity contribution in [2.75, 3.05) is 16.8 Å². The molecule has 0 unspecified atom stereocenters. The summed E-state index contributed by atoms with van der Waals surface area (Å²) < 4.78 is 24.9. The molecule has 7 heteroatoms. The van der Waals surface area contributed by atoms with E-state index in [1.165, 1.54) is 0 Å². The molecule has 3 rings (SSSR count). The third-order valence-corrected chi connectivity index (χ3v) is 6.31. The summed E-state index contributed by atoms with van der Waals surface area (Å²) in [5.41, 5.74) is 3.76. The van der Waals surface area contributed by atoms with E-state index in [0.717, 1.165) is 17.1 Å². The van der Waals surface area contributed by atoms with Crippen molar-refractivity contribution in [3.05, 3.63) is 42.0 Å². The van der Waals surface area contributed by atoms with Crippen molar-refractivity contribution in [1.29, 1.82) is 0 Å². The molecule has 1 amide bonds. The Labute approximate surface area is 141 Å². The first-order valence-electron chi connectivity index (χ1n) is 7.98. The Bertz CT molecular complexity index is 840. The van der Waals surface area contributed by atoms with Gasteiger partial charge in [-0.2, -0.15) is 0 Å². The molecule has 1 aromatic heterocycles. The number of imidazole rings is 1. The molecule has 1 aromatic carbocycles. The van der Waals surface area contributed by atoms with Crippen molar-refractivity contribution in [2.45, 2.75) is 26.7 Å². The number of sulfone groups is 1. The van der Waals surface area contributed by atoms with Crippen molar-refractivity contribution in [3.8, 4) is 5.69 Å². The van der Waals surface area contributed by atoms with Crippen LogP contribution in [0.1, 0.15) is 24.2 Å². The van der Waals surface area contributed by atoms with E-state index in [0.29, 0.717) is 18.5 Å². The summed E-state index contributed by atoms with van der Waals surface area (Å²) >= 11 is 0. The Morgan fingerprint density at radius 3 is 2.33 bits per heavy atom. The van der Waals surface area contributed by atoms with Gasteiger partial charge in [-0.05, 0) is 51.0 Å². The summed E-state index contributed by atoms with van der Waals surface area (Å²) in [5.74, 6) is -0.133. The van der Waals surface area contributed by atoms with Crippen LogP contribution in [0.2, 0.25) is 0 Å². The summed E-state index contributed by atoms with van der Waals surface area (Å²) in [4.78, 5) is 16.6. The minimum Gasteiger partial charge on any atom is -0.326 e. The van der Waals surface area contributed by atoms with Crippen LogP contribution in [0.5, 0.6) is 0 Å². The van der Waals surface area contributed by atoms with Gasteiger partial charge in [0.25, 0.3) is 0 Å². The first kappa shape index (κ1) is 16.7. The molecule has 2 heterocycles. The highest BCUT2D eigenvalue weighted by atomic mass is 32.2. The molecule has 1 aliphatic heterocycles. The highest BCUT2D eigenvalue weighted by Crippen LogP contribution is 2.22. The Morgan fingerprint density at radius 2 is 1.79 bits per heavy atom. The molecule has 0 atom stereocenters. The van der Waals surface area contributed by atoms with E-state index in [1.54, 1.807) is 6.33 Å². The predicted octanol–water partition coefficient (Wildman–Crippen LogP) is 2.25. The zero-order valence-corrected chi connectivity index (χ0v) is 14.6. The molecule has 6 nitrogen and oxygen atoms in total. The van der Waals surface area contributed by atoms with Crippen molar-refractivity contribution in [1.82, 2.24) is 9.55 Å². The molecule has 1 N–H and O–H groups in total. The fourth-order valence-corrected chi connectivity index (χ4v) is 4.35. The smallest absolute Gasteiger partial charge is 0.227 e. The van der Waals surface area contributed by atoms with E-state index in [2.05, 4.69) is 10.3 Å². The first-order chi connectivity index (χ1) is 11.4. The number of aromatic nitrogens is 2. The van der Waals surface area contributed by atoms with Crippen LogP contribution in [-0.4, -0.2) is 35.4 Å². The van der Waals surface area contributed by atoms with Crippen LogP contribution in [0.4, 0.5) is 5.69 Å². The molecule has 2 aromatic rings. The van der Waals surface area contributed by atoms with Gasteiger partial charge < -0.3 is 9.88 Å². The Kier molecular flexibility index (Phi) is 4.45. The zero-order chi connectivity index (χ0) is 17.3. The first-order valence-corrected chi connectivity index (χ1v) is 9.80. The molecule has 1 saturated heterocycles. The zero-order valence-electron chi connectivity index (χ0n) is 13.8. The lowest BCUT2D eigenvalue weighted by Gasteiger charge is -2.21. The topological polar surface area (TPSA) is 81.1 Å². The maximum absolute atomic E-state index is 12.3. The van der Waals surface area contributed by atoms with E-state index in [1.807, 2.05) is 42.7 Å². The van der Waals surface area contributed by atoms with Crippen molar-refractivity contribution in [2.24, 2.45) is 5.92 Å². The number of benzene rings is 1. The van der Waals surface area contributed by atoms with Crippen molar-refractivity contribution >= 4 is 21.4 Å². The number of carbonyl (C=O) groups is 1. The number of nitrogens with one attached hydrogen (secondary N) is 1. The summed E-state index contributed by atoms with van der Waals surface area (Å²) in [7, 11) is -2.95. The van der Waals surface area contributed by atoms with Gasteiger partial charge in [0.15, 0.2) is 0 Å². The molecule has 1 aliphatic rings. The van der Waals surface area contributed by atoms with Crippen LogP contribution in [0.25, 0.3) is 5.69 Å². The quantitative estimate of drug-likeness (QED) is 0.923.